The monoisotopic (exact) mass is 234 g/mol. The second-order valence-corrected chi connectivity index (χ2v) is 4.59. The van der Waals surface area contributed by atoms with Crippen LogP contribution in [0.15, 0.2) is 24.3 Å². The quantitative estimate of drug-likeness (QED) is 0.655. The topological polar surface area (TPSA) is 77.8 Å². The van der Waals surface area contributed by atoms with Gasteiger partial charge in [-0.15, -0.1) is 0 Å². The molecule has 0 saturated heterocycles. The summed E-state index contributed by atoms with van der Waals surface area (Å²) in [5.74, 6) is -0.820. The van der Waals surface area contributed by atoms with Crippen molar-refractivity contribution in [3.63, 3.8) is 0 Å². The Labute approximate surface area is 100 Å². The van der Waals surface area contributed by atoms with Gasteiger partial charge in [-0.25, -0.2) is 0 Å². The Morgan fingerprint density at radius 3 is 2.41 bits per heavy atom. The molecule has 0 amide bonds. The van der Waals surface area contributed by atoms with Crippen LogP contribution in [0.1, 0.15) is 31.2 Å². The predicted molar refractivity (Wildman–Crippen MR) is 64.0 cm³/mol. The van der Waals surface area contributed by atoms with Crippen molar-refractivity contribution in [1.29, 1.82) is 0 Å². The molecule has 2 rings (SSSR count). The molecule has 1 aliphatic rings. The Kier molecular flexibility index (Phi) is 3.22. The third kappa shape index (κ3) is 2.08. The Morgan fingerprint density at radius 1 is 1.24 bits per heavy atom. The van der Waals surface area contributed by atoms with Gasteiger partial charge in [0.25, 0.3) is 0 Å². The van der Waals surface area contributed by atoms with Crippen molar-refractivity contribution in [2.75, 3.05) is 0 Å². The Morgan fingerprint density at radius 2 is 1.88 bits per heavy atom. The lowest BCUT2D eigenvalue weighted by molar-refractivity contribution is -0.143. The number of hydrogen-bond acceptors (Lipinski definition) is 3. The van der Waals surface area contributed by atoms with Crippen LogP contribution in [-0.2, 0) is 10.2 Å². The average molecular weight is 234 g/mol. The van der Waals surface area contributed by atoms with E-state index in [2.05, 4.69) is 0 Å². The van der Waals surface area contributed by atoms with Crippen LogP contribution in [0.3, 0.4) is 0 Å². The van der Waals surface area contributed by atoms with Gasteiger partial charge in [-0.3, -0.25) is 4.79 Å². The summed E-state index contributed by atoms with van der Waals surface area (Å²) in [7, 11) is -1.55. The molecule has 1 fully saturated rings. The van der Waals surface area contributed by atoms with E-state index in [1.165, 1.54) is 0 Å². The maximum atomic E-state index is 11.5. The van der Waals surface area contributed by atoms with Crippen LogP contribution in [0.2, 0.25) is 0 Å². The summed E-state index contributed by atoms with van der Waals surface area (Å²) < 4.78 is 0. The molecule has 0 radical (unpaired) electrons. The number of rotatable bonds is 3. The highest BCUT2D eigenvalue weighted by Gasteiger charge is 2.43. The first-order valence-electron chi connectivity index (χ1n) is 5.76. The molecule has 1 aromatic rings. The fourth-order valence-corrected chi connectivity index (χ4v) is 2.60. The summed E-state index contributed by atoms with van der Waals surface area (Å²) in [5, 5.41) is 27.7. The highest BCUT2D eigenvalue weighted by molar-refractivity contribution is 6.58. The third-order valence-corrected chi connectivity index (χ3v) is 3.60. The highest BCUT2D eigenvalue weighted by Crippen LogP contribution is 2.41. The number of aliphatic carboxylic acids is 1. The van der Waals surface area contributed by atoms with Gasteiger partial charge in [-0.05, 0) is 23.9 Å². The second kappa shape index (κ2) is 4.51. The SMILES string of the molecule is O=C(O)C1(c2cccc(B(O)O)c2)CCCC1. The van der Waals surface area contributed by atoms with Gasteiger partial charge in [0.1, 0.15) is 0 Å². The summed E-state index contributed by atoms with van der Waals surface area (Å²) in [5.41, 5.74) is 0.174. The smallest absolute Gasteiger partial charge is 0.481 e. The molecule has 1 saturated carbocycles. The lowest BCUT2D eigenvalue weighted by atomic mass is 9.73. The first-order valence-corrected chi connectivity index (χ1v) is 5.76. The third-order valence-electron chi connectivity index (χ3n) is 3.60. The second-order valence-electron chi connectivity index (χ2n) is 4.59. The van der Waals surface area contributed by atoms with E-state index >= 15 is 0 Å². The predicted octanol–water partition coefficient (Wildman–Crippen LogP) is 0.263. The maximum Gasteiger partial charge on any atom is 0.488 e. The number of benzene rings is 1. The molecule has 90 valence electrons. The number of carboxylic acid groups (broad SMARTS) is 1. The summed E-state index contributed by atoms with van der Waals surface area (Å²) in [6.07, 6.45) is 3.04. The molecule has 17 heavy (non-hydrogen) atoms. The molecule has 1 aliphatic carbocycles. The lowest BCUT2D eigenvalue weighted by Gasteiger charge is -2.24. The average Bonchev–Trinajstić information content (AvgIpc) is 2.79. The molecular weight excluding hydrogens is 219 g/mol. The van der Waals surface area contributed by atoms with Crippen LogP contribution in [0, 0.1) is 0 Å². The van der Waals surface area contributed by atoms with Gasteiger partial charge in [-0.2, -0.15) is 0 Å². The van der Waals surface area contributed by atoms with E-state index in [0.29, 0.717) is 23.9 Å². The molecule has 0 atom stereocenters. The molecule has 0 spiro atoms. The van der Waals surface area contributed by atoms with Crippen molar-refractivity contribution in [2.24, 2.45) is 0 Å². The van der Waals surface area contributed by atoms with E-state index in [1.54, 1.807) is 24.3 Å². The van der Waals surface area contributed by atoms with E-state index in [1.807, 2.05) is 0 Å². The Balaban J connectivity index is 2.43. The molecule has 0 aromatic heterocycles. The molecule has 0 heterocycles. The van der Waals surface area contributed by atoms with Crippen molar-refractivity contribution in [2.45, 2.75) is 31.1 Å². The molecule has 0 aliphatic heterocycles. The molecule has 0 unspecified atom stereocenters. The van der Waals surface area contributed by atoms with Crippen molar-refractivity contribution in [3.05, 3.63) is 29.8 Å². The van der Waals surface area contributed by atoms with E-state index < -0.39 is 18.5 Å². The molecular formula is C12H15BO4. The van der Waals surface area contributed by atoms with Crippen LogP contribution in [0.25, 0.3) is 0 Å². The van der Waals surface area contributed by atoms with Crippen LogP contribution < -0.4 is 5.46 Å². The van der Waals surface area contributed by atoms with E-state index in [0.717, 1.165) is 12.8 Å². The van der Waals surface area contributed by atoms with Crippen LogP contribution in [0.5, 0.6) is 0 Å². The zero-order chi connectivity index (χ0) is 12.5. The summed E-state index contributed by atoms with van der Waals surface area (Å²) >= 11 is 0. The summed E-state index contributed by atoms with van der Waals surface area (Å²) in [6.45, 7) is 0. The largest absolute Gasteiger partial charge is 0.488 e. The van der Waals surface area contributed by atoms with Crippen molar-refractivity contribution >= 4 is 18.6 Å². The van der Waals surface area contributed by atoms with Gasteiger partial charge in [0.05, 0.1) is 5.41 Å². The molecule has 3 N–H and O–H groups in total. The van der Waals surface area contributed by atoms with E-state index in [-0.39, 0.29) is 0 Å². The minimum absolute atomic E-state index is 0.343. The molecule has 1 aromatic carbocycles. The summed E-state index contributed by atoms with van der Waals surface area (Å²) in [6, 6.07) is 6.60. The van der Waals surface area contributed by atoms with E-state index in [4.69, 9.17) is 10.0 Å². The molecule has 0 bridgehead atoms. The van der Waals surface area contributed by atoms with Crippen LogP contribution in [-0.4, -0.2) is 28.2 Å². The number of hydrogen-bond donors (Lipinski definition) is 3. The Bertz CT molecular complexity index is 424. The normalized spacial score (nSPS) is 18.0. The van der Waals surface area contributed by atoms with Crippen molar-refractivity contribution < 1.29 is 19.9 Å². The molecule has 5 heteroatoms. The van der Waals surface area contributed by atoms with E-state index in [9.17, 15) is 9.90 Å². The van der Waals surface area contributed by atoms with Gasteiger partial charge in [0, 0.05) is 0 Å². The number of carbonyl (C=O) groups is 1. The zero-order valence-electron chi connectivity index (χ0n) is 9.47. The zero-order valence-corrected chi connectivity index (χ0v) is 9.47. The molecule has 4 nitrogen and oxygen atoms in total. The lowest BCUT2D eigenvalue weighted by Crippen LogP contribution is -2.36. The van der Waals surface area contributed by atoms with Gasteiger partial charge in [0.2, 0.25) is 0 Å². The fraction of sp³-hybridized carbons (Fsp3) is 0.417. The van der Waals surface area contributed by atoms with Crippen LogP contribution >= 0.6 is 0 Å². The van der Waals surface area contributed by atoms with Crippen molar-refractivity contribution in [3.8, 4) is 0 Å². The van der Waals surface area contributed by atoms with Gasteiger partial charge in [-0.1, -0.05) is 37.1 Å². The van der Waals surface area contributed by atoms with Gasteiger partial charge < -0.3 is 15.2 Å². The first kappa shape index (κ1) is 12.1. The van der Waals surface area contributed by atoms with Crippen molar-refractivity contribution in [1.82, 2.24) is 0 Å². The maximum absolute atomic E-state index is 11.5. The number of carboxylic acids is 1. The minimum atomic E-state index is -1.55. The standard InChI is InChI=1S/C12H15BO4/c14-11(15)12(6-1-2-7-12)9-4-3-5-10(8-9)13(16)17/h3-5,8,16-17H,1-2,6-7H2,(H,14,15). The summed E-state index contributed by atoms with van der Waals surface area (Å²) in [4.78, 5) is 11.5. The van der Waals surface area contributed by atoms with Gasteiger partial charge in [0.15, 0.2) is 0 Å². The van der Waals surface area contributed by atoms with Gasteiger partial charge >= 0.3 is 13.1 Å². The highest BCUT2D eigenvalue weighted by atomic mass is 16.4. The first-order chi connectivity index (χ1) is 8.06. The Hall–Kier alpha value is -1.33. The fourth-order valence-electron chi connectivity index (χ4n) is 2.60. The minimum Gasteiger partial charge on any atom is -0.481 e. The van der Waals surface area contributed by atoms with Crippen LogP contribution in [0.4, 0.5) is 0 Å².